The van der Waals surface area contributed by atoms with E-state index in [-0.39, 0.29) is 66.5 Å². The van der Waals surface area contributed by atoms with E-state index >= 15 is 0 Å². The van der Waals surface area contributed by atoms with Gasteiger partial charge in [-0.25, -0.2) is 4.79 Å². The van der Waals surface area contributed by atoms with Crippen LogP contribution in [0, 0.1) is 5.41 Å². The summed E-state index contributed by atoms with van der Waals surface area (Å²) in [6.07, 6.45) is -0.919. The van der Waals surface area contributed by atoms with Crippen LogP contribution in [0.25, 0.3) is 0 Å². The molecule has 1 unspecified atom stereocenters. The molecule has 2 N–H and O–H groups in total. The smallest absolute Gasteiger partial charge is 0.404 e. The highest BCUT2D eigenvalue weighted by molar-refractivity contribution is 14.8. The summed E-state index contributed by atoms with van der Waals surface area (Å²) in [5, 5.41) is 11.4. The lowest BCUT2D eigenvalue weighted by molar-refractivity contribution is 0.173. The van der Waals surface area contributed by atoms with Gasteiger partial charge in [-0.1, -0.05) is 20.8 Å². The zero-order valence-corrected chi connectivity index (χ0v) is 15.1. The molecule has 0 bridgehead atoms. The number of nitrogens with one attached hydrogen (secondary N) is 1. The molecule has 0 aromatic carbocycles. The summed E-state index contributed by atoms with van der Waals surface area (Å²) >= 11 is 0.200. The van der Waals surface area contributed by atoms with Gasteiger partial charge < -0.3 is 10.4 Å². The Morgan fingerprint density at radius 3 is 2.67 bits per heavy atom. The number of nitrogens with zero attached hydrogens (tertiary/aromatic N) is 2. The minimum Gasteiger partial charge on any atom is -0.465 e. The third-order valence-corrected chi connectivity index (χ3v) is 23.3. The topological polar surface area (TPSA) is 64.9 Å². The van der Waals surface area contributed by atoms with Crippen molar-refractivity contribution in [3.8, 4) is 0 Å². The Bertz CT molecular complexity index is 288. The molecular weight excluding hydrogens is 539 g/mol. The number of rotatable bonds is 3. The van der Waals surface area contributed by atoms with Crippen molar-refractivity contribution in [3.63, 3.8) is 0 Å². The average Bonchev–Trinajstić information content (AvgIpc) is 2.53. The van der Waals surface area contributed by atoms with Crippen molar-refractivity contribution in [2.45, 2.75) is 26.8 Å². The van der Waals surface area contributed by atoms with Gasteiger partial charge in [0.25, 0.3) is 0 Å². The van der Waals surface area contributed by atoms with Crippen LogP contribution < -0.4 is 5.32 Å². The zero-order valence-electron chi connectivity index (χ0n) is 8.67. The Hall–Kier alpha value is 1.22. The monoisotopic (exact) mass is 553 g/mol. The van der Waals surface area contributed by atoms with Crippen LogP contribution in [0.15, 0.2) is 1.36 Å². The Morgan fingerprint density at radius 1 is 1.60 bits per heavy atom. The maximum absolute atomic E-state index is 10.7. The fourth-order valence-corrected chi connectivity index (χ4v) is 21.1. The molecule has 0 saturated carbocycles. The number of carboxylic acid groups (broad SMARTS) is 1. The molecule has 1 aliphatic heterocycles. The molecule has 5 nitrogen and oxygen atoms in total. The van der Waals surface area contributed by atoms with E-state index in [1.807, 2.05) is 0 Å². The van der Waals surface area contributed by atoms with Gasteiger partial charge in [-0.05, 0) is 5.41 Å². The van der Waals surface area contributed by atoms with Gasteiger partial charge in [0.15, 0.2) is 0 Å². The largest absolute Gasteiger partial charge is 0.465 e. The number of carbonyl (C=O) groups is 1. The Morgan fingerprint density at radius 2 is 2.27 bits per heavy atom. The highest BCUT2D eigenvalue weighted by Gasteiger charge is 2.28. The first-order valence-electron chi connectivity index (χ1n) is 4.30. The fourth-order valence-electron chi connectivity index (χ4n) is 0.974. The lowest BCUT2D eigenvalue weighted by atomic mass is 9.87. The molecule has 15 heavy (non-hydrogen) atoms. The maximum atomic E-state index is 10.7. The summed E-state index contributed by atoms with van der Waals surface area (Å²) in [6, 6.07) is 0.0201. The van der Waals surface area contributed by atoms with Crippen molar-refractivity contribution in [2.24, 2.45) is 6.77 Å². The minimum absolute atomic E-state index is 0.0201. The first-order chi connectivity index (χ1) is 6.89. The molecule has 1 amide bonds. The number of hydrogen-bond acceptors (Lipinski definition) is 3. The molecule has 0 spiro atoms. The Labute approximate surface area is 116 Å². The van der Waals surface area contributed by atoms with Gasteiger partial charge in [-0.15, -0.1) is 0 Å². The molecular formula is C7H14I3N3O2. The fraction of sp³-hybridized carbons (Fsp3) is 0.857. The highest BCUT2D eigenvalue weighted by Crippen LogP contribution is 2.41. The summed E-state index contributed by atoms with van der Waals surface area (Å²) < 4.78 is 6.94. The standard InChI is InChI=1S/C7H14I3N3O2/c1-7(2,3)5(11-6(14)15)4-13-9-8-12-10-13/h5,11H,4H2,1-3H3,(H,14,15). The van der Waals surface area contributed by atoms with E-state index in [1.54, 1.807) is 0 Å². The molecule has 1 aliphatic rings. The van der Waals surface area contributed by atoms with Crippen molar-refractivity contribution in [3.05, 3.63) is 0 Å². The number of halogens is 3. The Balaban J connectivity index is 2.60. The molecule has 1 atom stereocenters. The zero-order chi connectivity index (χ0) is 11.5. The number of amides is 1. The van der Waals surface area contributed by atoms with Gasteiger partial charge in [0.05, 0.1) is 22.9 Å². The highest BCUT2D eigenvalue weighted by atomic mass is 128. The quantitative estimate of drug-likeness (QED) is 0.414. The lowest BCUT2D eigenvalue weighted by Crippen LogP contribution is -2.47. The van der Waals surface area contributed by atoms with Crippen LogP contribution in [0.4, 0.5) is 4.79 Å². The van der Waals surface area contributed by atoms with Crippen molar-refractivity contribution >= 4 is 61.1 Å². The molecule has 8 heteroatoms. The Kier molecular flexibility index (Phi) is 5.93. The summed E-state index contributed by atoms with van der Waals surface area (Å²) in [5.74, 6) is 0. The summed E-state index contributed by atoms with van der Waals surface area (Å²) in [6.45, 7) is 7.09. The van der Waals surface area contributed by atoms with E-state index in [9.17, 15) is 4.79 Å². The maximum Gasteiger partial charge on any atom is 0.404 e. The normalized spacial score (nSPS) is 19.7. The van der Waals surface area contributed by atoms with E-state index < -0.39 is 6.09 Å². The first-order valence-corrected chi connectivity index (χ1v) is 14.4. The van der Waals surface area contributed by atoms with Crippen LogP contribution in [0.5, 0.6) is 0 Å². The van der Waals surface area contributed by atoms with Gasteiger partial charge >= 0.3 is 6.09 Å². The molecule has 0 aliphatic carbocycles. The van der Waals surface area contributed by atoms with Crippen LogP contribution in [0.3, 0.4) is 0 Å². The molecule has 0 aromatic rings. The SMILES string of the molecule is CC(C)(C)C(CN1I=NI=I1)NC(=O)O. The number of hydrogen-bond donors (Lipinski definition) is 2. The summed E-state index contributed by atoms with van der Waals surface area (Å²) in [5.41, 5.74) is -0.0210. The van der Waals surface area contributed by atoms with Gasteiger partial charge in [-0.2, -0.15) is 2.69 Å². The minimum atomic E-state index is -0.919. The van der Waals surface area contributed by atoms with Gasteiger partial charge in [0, 0.05) is 23.4 Å². The van der Waals surface area contributed by atoms with Crippen molar-refractivity contribution in [1.29, 1.82) is 0 Å². The lowest BCUT2D eigenvalue weighted by Gasteiger charge is -2.31. The molecule has 0 radical (unpaired) electrons. The second-order valence-corrected chi connectivity index (χ2v) is 17.2. The molecule has 1 rings (SSSR count). The van der Waals surface area contributed by atoms with Gasteiger partial charge in [0.1, 0.15) is 21.3 Å². The van der Waals surface area contributed by atoms with Crippen LogP contribution in [-0.4, -0.2) is 25.1 Å². The van der Waals surface area contributed by atoms with Crippen molar-refractivity contribution in [1.82, 2.24) is 6.64 Å². The third-order valence-electron chi connectivity index (χ3n) is 1.90. The molecule has 0 aromatic heterocycles. The molecule has 1 heterocycles. The second kappa shape index (κ2) is 6.23. The van der Waals surface area contributed by atoms with Crippen LogP contribution in [0.2, 0.25) is 0 Å². The predicted octanol–water partition coefficient (Wildman–Crippen LogP) is 3.74. The predicted molar refractivity (Wildman–Crippen MR) is 85.6 cm³/mol. The molecule has 90 valence electrons. The molecule has 0 saturated heterocycles. The van der Waals surface area contributed by atoms with Crippen molar-refractivity contribution < 1.29 is 9.90 Å². The van der Waals surface area contributed by atoms with Crippen LogP contribution in [-0.2, 0) is 0 Å². The molecule has 0 fully saturated rings. The van der Waals surface area contributed by atoms with E-state index in [1.165, 1.54) is 0 Å². The van der Waals surface area contributed by atoms with E-state index in [0.29, 0.717) is 0 Å². The van der Waals surface area contributed by atoms with E-state index in [0.717, 1.165) is 6.54 Å². The van der Waals surface area contributed by atoms with E-state index in [2.05, 4.69) is 28.8 Å². The van der Waals surface area contributed by atoms with Gasteiger partial charge in [0.2, 0.25) is 0 Å². The second-order valence-electron chi connectivity index (χ2n) is 4.12. The third kappa shape index (κ3) is 5.39. The average molecular weight is 553 g/mol. The van der Waals surface area contributed by atoms with Crippen LogP contribution in [0.1, 0.15) is 20.8 Å². The first kappa shape index (κ1) is 14.3. The van der Waals surface area contributed by atoms with Crippen molar-refractivity contribution in [2.75, 3.05) is 6.54 Å². The van der Waals surface area contributed by atoms with Gasteiger partial charge in [-0.3, -0.25) is 0 Å². The summed E-state index contributed by atoms with van der Waals surface area (Å²) in [7, 11) is 0. The van der Waals surface area contributed by atoms with E-state index in [4.69, 9.17) is 5.11 Å². The summed E-state index contributed by atoms with van der Waals surface area (Å²) in [4.78, 5) is 10.7. The van der Waals surface area contributed by atoms with Crippen LogP contribution >= 0.6 is 55.0 Å².